The van der Waals surface area contributed by atoms with Crippen molar-refractivity contribution in [2.24, 2.45) is 5.10 Å². The maximum absolute atomic E-state index is 11.7. The summed E-state index contributed by atoms with van der Waals surface area (Å²) in [6, 6.07) is 12.6. The highest BCUT2D eigenvalue weighted by molar-refractivity contribution is 5.83. The van der Waals surface area contributed by atoms with E-state index in [1.165, 1.54) is 12.5 Å². The molecule has 1 atom stereocenters. The minimum Gasteiger partial charge on any atom is -0.481 e. The summed E-state index contributed by atoms with van der Waals surface area (Å²) in [5.74, 6) is 0.878. The zero-order valence-corrected chi connectivity index (χ0v) is 10.4. The van der Waals surface area contributed by atoms with E-state index in [0.29, 0.717) is 11.5 Å². The summed E-state index contributed by atoms with van der Waals surface area (Å²) >= 11 is 0. The third-order valence-corrected chi connectivity index (χ3v) is 2.34. The molecule has 2 aromatic rings. The Morgan fingerprint density at radius 1 is 1.32 bits per heavy atom. The Hall–Kier alpha value is -2.56. The van der Waals surface area contributed by atoms with E-state index in [-0.39, 0.29) is 5.91 Å². The number of furan rings is 1. The minimum atomic E-state index is -0.629. The fourth-order valence-corrected chi connectivity index (χ4v) is 1.37. The van der Waals surface area contributed by atoms with Gasteiger partial charge < -0.3 is 9.15 Å². The van der Waals surface area contributed by atoms with Gasteiger partial charge in [0, 0.05) is 0 Å². The van der Waals surface area contributed by atoms with Crippen molar-refractivity contribution in [2.75, 3.05) is 0 Å². The van der Waals surface area contributed by atoms with Gasteiger partial charge >= 0.3 is 0 Å². The normalized spacial score (nSPS) is 12.3. The molecule has 1 aromatic heterocycles. The van der Waals surface area contributed by atoms with Crippen molar-refractivity contribution < 1.29 is 13.9 Å². The summed E-state index contributed by atoms with van der Waals surface area (Å²) in [4.78, 5) is 11.7. The van der Waals surface area contributed by atoms with Gasteiger partial charge in [0.25, 0.3) is 5.91 Å². The molecule has 0 saturated carbocycles. The first-order chi connectivity index (χ1) is 9.25. The molecule has 0 unspecified atom stereocenters. The number of hydrazone groups is 1. The van der Waals surface area contributed by atoms with Crippen LogP contribution in [0.25, 0.3) is 0 Å². The molecule has 0 aliphatic rings. The molecule has 1 N–H and O–H groups in total. The maximum Gasteiger partial charge on any atom is 0.280 e. The van der Waals surface area contributed by atoms with Crippen LogP contribution in [-0.2, 0) is 4.79 Å². The molecule has 1 aromatic carbocycles. The molecule has 5 heteroatoms. The highest BCUT2D eigenvalue weighted by Crippen LogP contribution is 2.10. The molecular weight excluding hydrogens is 244 g/mol. The first kappa shape index (κ1) is 12.9. The molecule has 98 valence electrons. The van der Waals surface area contributed by atoms with Crippen LogP contribution < -0.4 is 10.2 Å². The average Bonchev–Trinajstić information content (AvgIpc) is 2.93. The van der Waals surface area contributed by atoms with Crippen LogP contribution in [0.5, 0.6) is 5.75 Å². The van der Waals surface area contributed by atoms with Crippen LogP contribution in [0.4, 0.5) is 0 Å². The number of hydrogen-bond acceptors (Lipinski definition) is 4. The SMILES string of the molecule is C[C@@H](Oc1ccccc1)C(=O)N/N=C\c1ccco1. The van der Waals surface area contributed by atoms with Gasteiger partial charge in [0.2, 0.25) is 0 Å². The van der Waals surface area contributed by atoms with E-state index < -0.39 is 6.10 Å². The zero-order valence-electron chi connectivity index (χ0n) is 10.4. The Kier molecular flexibility index (Phi) is 4.34. The molecule has 2 rings (SSSR count). The van der Waals surface area contributed by atoms with E-state index in [0.717, 1.165) is 0 Å². The summed E-state index contributed by atoms with van der Waals surface area (Å²) in [6.45, 7) is 1.66. The molecular formula is C14H14N2O3. The number of amides is 1. The Morgan fingerprint density at radius 3 is 2.79 bits per heavy atom. The van der Waals surface area contributed by atoms with E-state index in [2.05, 4.69) is 10.5 Å². The van der Waals surface area contributed by atoms with Crippen molar-refractivity contribution in [2.45, 2.75) is 13.0 Å². The summed E-state index contributed by atoms with van der Waals surface area (Å²) < 4.78 is 10.5. The summed E-state index contributed by atoms with van der Waals surface area (Å²) in [7, 11) is 0. The number of nitrogens with zero attached hydrogens (tertiary/aromatic N) is 1. The lowest BCUT2D eigenvalue weighted by atomic mass is 10.3. The van der Waals surface area contributed by atoms with Crippen LogP contribution in [0.3, 0.4) is 0 Å². The molecule has 0 saturated heterocycles. The van der Waals surface area contributed by atoms with Crippen molar-refractivity contribution in [1.29, 1.82) is 0 Å². The van der Waals surface area contributed by atoms with Gasteiger partial charge in [-0.05, 0) is 31.2 Å². The number of benzene rings is 1. The highest BCUT2D eigenvalue weighted by atomic mass is 16.5. The third-order valence-electron chi connectivity index (χ3n) is 2.34. The molecule has 19 heavy (non-hydrogen) atoms. The van der Waals surface area contributed by atoms with Crippen LogP contribution >= 0.6 is 0 Å². The number of carbonyl (C=O) groups is 1. The Labute approximate surface area is 110 Å². The largest absolute Gasteiger partial charge is 0.481 e. The third kappa shape index (κ3) is 3.99. The second-order valence-electron chi connectivity index (χ2n) is 3.82. The van der Waals surface area contributed by atoms with Crippen LogP contribution in [0.1, 0.15) is 12.7 Å². The van der Waals surface area contributed by atoms with Crippen LogP contribution in [0, 0.1) is 0 Å². The van der Waals surface area contributed by atoms with Crippen LogP contribution in [0.2, 0.25) is 0 Å². The number of para-hydroxylation sites is 1. The van der Waals surface area contributed by atoms with E-state index in [1.54, 1.807) is 31.2 Å². The van der Waals surface area contributed by atoms with Crippen molar-refractivity contribution in [1.82, 2.24) is 5.43 Å². The first-order valence-electron chi connectivity index (χ1n) is 5.84. The molecule has 0 aliphatic carbocycles. The number of nitrogens with one attached hydrogen (secondary N) is 1. The standard InChI is InChI=1S/C14H14N2O3/c1-11(19-12-6-3-2-4-7-12)14(17)16-15-10-13-8-5-9-18-13/h2-11H,1H3,(H,16,17)/b15-10-/t11-/m1/s1. The van der Waals surface area contributed by atoms with Gasteiger partial charge in [0.1, 0.15) is 11.5 Å². The molecule has 0 radical (unpaired) electrons. The molecule has 0 aliphatic heterocycles. The van der Waals surface area contributed by atoms with Gasteiger partial charge in [-0.15, -0.1) is 0 Å². The van der Waals surface area contributed by atoms with Gasteiger partial charge in [-0.25, -0.2) is 5.43 Å². The number of hydrogen-bond donors (Lipinski definition) is 1. The second kappa shape index (κ2) is 6.39. The minimum absolute atomic E-state index is 0.327. The molecule has 0 fully saturated rings. The summed E-state index contributed by atoms with van der Waals surface area (Å²) in [5, 5.41) is 3.78. The molecule has 0 spiro atoms. The van der Waals surface area contributed by atoms with Gasteiger partial charge in [-0.2, -0.15) is 5.10 Å². The van der Waals surface area contributed by atoms with E-state index in [9.17, 15) is 4.79 Å². The summed E-state index contributed by atoms with van der Waals surface area (Å²) in [6.07, 6.45) is 2.33. The predicted molar refractivity (Wildman–Crippen MR) is 71.0 cm³/mol. The van der Waals surface area contributed by atoms with Crippen molar-refractivity contribution in [3.8, 4) is 5.75 Å². The molecule has 1 heterocycles. The van der Waals surface area contributed by atoms with Crippen molar-refractivity contribution in [3.63, 3.8) is 0 Å². The van der Waals surface area contributed by atoms with Gasteiger partial charge in [0.15, 0.2) is 6.10 Å². The Morgan fingerprint density at radius 2 is 2.11 bits per heavy atom. The van der Waals surface area contributed by atoms with Gasteiger partial charge in [-0.3, -0.25) is 4.79 Å². The number of carbonyl (C=O) groups excluding carboxylic acids is 1. The van der Waals surface area contributed by atoms with E-state index in [1.807, 2.05) is 18.2 Å². The quantitative estimate of drug-likeness (QED) is 0.660. The summed E-state index contributed by atoms with van der Waals surface area (Å²) in [5.41, 5.74) is 2.39. The highest BCUT2D eigenvalue weighted by Gasteiger charge is 2.13. The predicted octanol–water partition coefficient (Wildman–Crippen LogP) is 2.20. The molecule has 1 amide bonds. The second-order valence-corrected chi connectivity index (χ2v) is 3.82. The van der Waals surface area contributed by atoms with Gasteiger partial charge in [-0.1, -0.05) is 18.2 Å². The number of rotatable bonds is 5. The molecule has 0 bridgehead atoms. The maximum atomic E-state index is 11.7. The smallest absolute Gasteiger partial charge is 0.280 e. The lowest BCUT2D eigenvalue weighted by Crippen LogP contribution is -2.33. The Bertz CT molecular complexity index is 535. The monoisotopic (exact) mass is 258 g/mol. The zero-order chi connectivity index (χ0) is 13.5. The number of ether oxygens (including phenoxy) is 1. The topological polar surface area (TPSA) is 63.8 Å². The first-order valence-corrected chi connectivity index (χ1v) is 5.84. The van der Waals surface area contributed by atoms with Crippen molar-refractivity contribution >= 4 is 12.1 Å². The van der Waals surface area contributed by atoms with Gasteiger partial charge in [0.05, 0.1) is 12.5 Å². The van der Waals surface area contributed by atoms with Crippen LogP contribution in [0.15, 0.2) is 58.2 Å². The average molecular weight is 258 g/mol. The van der Waals surface area contributed by atoms with E-state index in [4.69, 9.17) is 9.15 Å². The van der Waals surface area contributed by atoms with Crippen molar-refractivity contribution in [3.05, 3.63) is 54.5 Å². The lowest BCUT2D eigenvalue weighted by molar-refractivity contribution is -0.127. The van der Waals surface area contributed by atoms with Crippen LogP contribution in [-0.4, -0.2) is 18.2 Å². The molecule has 5 nitrogen and oxygen atoms in total. The Balaban J connectivity index is 1.83. The lowest BCUT2D eigenvalue weighted by Gasteiger charge is -2.12. The fourth-order valence-electron chi connectivity index (χ4n) is 1.37. The van der Waals surface area contributed by atoms with E-state index >= 15 is 0 Å². The fraction of sp³-hybridized carbons (Fsp3) is 0.143.